The Kier molecular flexibility index (Phi) is 4.06. The molecule has 6 nitrogen and oxygen atoms in total. The van der Waals surface area contributed by atoms with E-state index in [-0.39, 0.29) is 6.54 Å². The Bertz CT molecular complexity index is 459. The van der Waals surface area contributed by atoms with Crippen molar-refractivity contribution in [2.45, 2.75) is 18.9 Å². The zero-order chi connectivity index (χ0) is 13.9. The minimum Gasteiger partial charge on any atom is -0.388 e. The van der Waals surface area contributed by atoms with Gasteiger partial charge < -0.3 is 15.7 Å². The topological polar surface area (TPSA) is 81.7 Å². The maximum atomic E-state index is 11.7. The van der Waals surface area contributed by atoms with E-state index in [1.807, 2.05) is 16.8 Å². The molecule has 0 radical (unpaired) electrons. The van der Waals surface area contributed by atoms with Gasteiger partial charge in [0.2, 0.25) is 0 Å². The summed E-state index contributed by atoms with van der Waals surface area (Å²) in [4.78, 5) is 24.1. The molecule has 0 bridgehead atoms. The third-order valence-corrected chi connectivity index (χ3v) is 3.62. The first kappa shape index (κ1) is 13.8. The molecule has 0 spiro atoms. The van der Waals surface area contributed by atoms with E-state index in [1.165, 1.54) is 0 Å². The summed E-state index contributed by atoms with van der Waals surface area (Å²) in [7, 11) is 0. The fourth-order valence-electron chi connectivity index (χ4n) is 1.92. The number of rotatable bonds is 4. The lowest BCUT2D eigenvalue weighted by Crippen LogP contribution is -2.48. The number of thiophene rings is 1. The molecule has 1 fully saturated rings. The first-order chi connectivity index (χ1) is 8.98. The summed E-state index contributed by atoms with van der Waals surface area (Å²) in [6, 6.07) is 1.07. The Morgan fingerprint density at radius 2 is 2.47 bits per heavy atom. The van der Waals surface area contributed by atoms with Crippen LogP contribution in [0.3, 0.4) is 0 Å². The summed E-state index contributed by atoms with van der Waals surface area (Å²) in [6.45, 7) is 2.59. The maximum absolute atomic E-state index is 11.7. The highest BCUT2D eigenvalue weighted by Crippen LogP contribution is 2.15. The predicted octanol–water partition coefficient (Wildman–Crippen LogP) is 0.776. The molecule has 1 aliphatic heterocycles. The number of aliphatic hydroxyl groups is 1. The van der Waals surface area contributed by atoms with Crippen LogP contribution in [0.15, 0.2) is 16.8 Å². The molecule has 1 saturated heterocycles. The molecule has 7 heteroatoms. The van der Waals surface area contributed by atoms with Crippen molar-refractivity contribution in [2.24, 2.45) is 0 Å². The number of urea groups is 2. The molecule has 1 aromatic rings. The van der Waals surface area contributed by atoms with Crippen molar-refractivity contribution < 1.29 is 14.7 Å². The summed E-state index contributed by atoms with van der Waals surface area (Å²) >= 11 is 1.57. The zero-order valence-corrected chi connectivity index (χ0v) is 11.5. The summed E-state index contributed by atoms with van der Waals surface area (Å²) in [6.07, 6.45) is 0.461. The van der Waals surface area contributed by atoms with Gasteiger partial charge in [0.1, 0.15) is 0 Å². The van der Waals surface area contributed by atoms with Gasteiger partial charge >= 0.3 is 12.1 Å². The second-order valence-corrected chi connectivity index (χ2v) is 5.63. The molecule has 0 saturated carbocycles. The molecule has 104 valence electrons. The lowest BCUT2D eigenvalue weighted by atomic mass is 9.98. The van der Waals surface area contributed by atoms with E-state index in [0.29, 0.717) is 19.5 Å². The van der Waals surface area contributed by atoms with E-state index in [0.717, 1.165) is 10.5 Å². The molecule has 1 atom stereocenters. The van der Waals surface area contributed by atoms with Crippen molar-refractivity contribution in [1.82, 2.24) is 15.5 Å². The van der Waals surface area contributed by atoms with Gasteiger partial charge in [-0.3, -0.25) is 0 Å². The van der Waals surface area contributed by atoms with E-state index >= 15 is 0 Å². The molecule has 1 unspecified atom stereocenters. The maximum Gasteiger partial charge on any atom is 0.325 e. The Balaban J connectivity index is 1.83. The van der Waals surface area contributed by atoms with Crippen LogP contribution >= 0.6 is 11.3 Å². The summed E-state index contributed by atoms with van der Waals surface area (Å²) in [5.74, 6) is 0. The number of carbonyl (C=O) groups is 2. The third-order valence-electron chi connectivity index (χ3n) is 2.89. The lowest BCUT2D eigenvalue weighted by molar-refractivity contribution is 0.0613. The average molecular weight is 283 g/mol. The van der Waals surface area contributed by atoms with Gasteiger partial charge in [-0.25, -0.2) is 14.5 Å². The minimum atomic E-state index is -1.03. The van der Waals surface area contributed by atoms with Crippen molar-refractivity contribution in [2.75, 3.05) is 19.6 Å². The number of amides is 4. The number of carbonyl (C=O) groups excluding carboxylic acids is 2. The van der Waals surface area contributed by atoms with Crippen molar-refractivity contribution in [1.29, 1.82) is 0 Å². The molecular formula is C12H17N3O3S. The molecule has 0 aromatic carbocycles. The molecular weight excluding hydrogens is 266 g/mol. The highest BCUT2D eigenvalue weighted by Gasteiger charge is 2.28. The quantitative estimate of drug-likeness (QED) is 0.763. The van der Waals surface area contributed by atoms with Gasteiger partial charge in [0.15, 0.2) is 0 Å². The van der Waals surface area contributed by atoms with E-state index in [2.05, 4.69) is 10.6 Å². The molecule has 1 aliphatic rings. The van der Waals surface area contributed by atoms with E-state index in [9.17, 15) is 14.7 Å². The van der Waals surface area contributed by atoms with Gasteiger partial charge in [0.05, 0.1) is 5.60 Å². The van der Waals surface area contributed by atoms with Crippen LogP contribution in [0.4, 0.5) is 9.59 Å². The SMILES string of the molecule is CC(O)(CNC(=O)N1CCNC1=O)Cc1ccsc1. The van der Waals surface area contributed by atoms with Gasteiger partial charge in [0.25, 0.3) is 0 Å². The molecule has 4 amide bonds. The first-order valence-electron chi connectivity index (χ1n) is 6.05. The second kappa shape index (κ2) is 5.58. The van der Waals surface area contributed by atoms with Crippen LogP contribution in [-0.4, -0.2) is 47.3 Å². The van der Waals surface area contributed by atoms with Crippen LogP contribution in [0.2, 0.25) is 0 Å². The minimum absolute atomic E-state index is 0.103. The Morgan fingerprint density at radius 3 is 3.05 bits per heavy atom. The van der Waals surface area contributed by atoms with Gasteiger partial charge in [-0.1, -0.05) is 0 Å². The van der Waals surface area contributed by atoms with Crippen molar-refractivity contribution in [3.8, 4) is 0 Å². The largest absolute Gasteiger partial charge is 0.388 e. The third kappa shape index (κ3) is 3.68. The van der Waals surface area contributed by atoms with Crippen LogP contribution in [-0.2, 0) is 6.42 Å². The van der Waals surface area contributed by atoms with Gasteiger partial charge in [-0.05, 0) is 29.3 Å². The zero-order valence-electron chi connectivity index (χ0n) is 10.7. The number of nitrogens with one attached hydrogen (secondary N) is 2. The molecule has 0 aliphatic carbocycles. The molecule has 3 N–H and O–H groups in total. The highest BCUT2D eigenvalue weighted by molar-refractivity contribution is 7.07. The fraction of sp³-hybridized carbons (Fsp3) is 0.500. The molecule has 1 aromatic heterocycles. The Morgan fingerprint density at radius 1 is 1.68 bits per heavy atom. The first-order valence-corrected chi connectivity index (χ1v) is 6.99. The van der Waals surface area contributed by atoms with E-state index in [4.69, 9.17) is 0 Å². The van der Waals surface area contributed by atoms with Gasteiger partial charge in [-0.2, -0.15) is 11.3 Å². The normalized spacial score (nSPS) is 18.0. The number of nitrogens with zero attached hydrogens (tertiary/aromatic N) is 1. The second-order valence-electron chi connectivity index (χ2n) is 4.85. The van der Waals surface area contributed by atoms with Gasteiger partial charge in [0, 0.05) is 26.1 Å². The van der Waals surface area contributed by atoms with Crippen LogP contribution < -0.4 is 10.6 Å². The molecule has 2 heterocycles. The molecule has 19 heavy (non-hydrogen) atoms. The summed E-state index contributed by atoms with van der Waals surface area (Å²) < 4.78 is 0. The predicted molar refractivity (Wildman–Crippen MR) is 72.2 cm³/mol. The fourth-order valence-corrected chi connectivity index (χ4v) is 2.59. The number of hydrogen-bond donors (Lipinski definition) is 3. The van der Waals surface area contributed by atoms with E-state index < -0.39 is 17.7 Å². The highest BCUT2D eigenvalue weighted by atomic mass is 32.1. The standard InChI is InChI=1S/C12H17N3O3S/c1-12(18,6-9-2-5-19-7-9)8-14-11(17)15-4-3-13-10(15)16/h2,5,7,18H,3-4,6,8H2,1H3,(H,13,16)(H,14,17). The number of hydrogen-bond acceptors (Lipinski definition) is 4. The van der Waals surface area contributed by atoms with Crippen LogP contribution in [0.25, 0.3) is 0 Å². The summed E-state index contributed by atoms with van der Waals surface area (Å²) in [5, 5.41) is 19.3. The monoisotopic (exact) mass is 283 g/mol. The smallest absolute Gasteiger partial charge is 0.325 e. The molecule has 2 rings (SSSR count). The summed E-state index contributed by atoms with van der Waals surface area (Å²) in [5.41, 5.74) is -0.00408. The van der Waals surface area contributed by atoms with Crippen molar-refractivity contribution in [3.63, 3.8) is 0 Å². The average Bonchev–Trinajstić information content (AvgIpc) is 2.97. The van der Waals surface area contributed by atoms with Crippen LogP contribution in [0, 0.1) is 0 Å². The number of imide groups is 1. The van der Waals surface area contributed by atoms with Crippen molar-refractivity contribution in [3.05, 3.63) is 22.4 Å². The van der Waals surface area contributed by atoms with Gasteiger partial charge in [-0.15, -0.1) is 0 Å². The van der Waals surface area contributed by atoms with Crippen molar-refractivity contribution >= 4 is 23.4 Å². The van der Waals surface area contributed by atoms with Crippen LogP contribution in [0.5, 0.6) is 0 Å². The van der Waals surface area contributed by atoms with Crippen LogP contribution in [0.1, 0.15) is 12.5 Å². The Hall–Kier alpha value is -1.60. The van der Waals surface area contributed by atoms with E-state index in [1.54, 1.807) is 18.3 Å². The lowest BCUT2D eigenvalue weighted by Gasteiger charge is -2.24. The Labute approximate surface area is 115 Å².